The van der Waals surface area contributed by atoms with Gasteiger partial charge < -0.3 is 14.5 Å². The van der Waals surface area contributed by atoms with Crippen LogP contribution in [-0.4, -0.2) is 42.1 Å². The number of benzene rings is 1. The first-order valence-corrected chi connectivity index (χ1v) is 8.76. The molecule has 2 rings (SSSR count). The van der Waals surface area contributed by atoms with Crippen molar-refractivity contribution in [2.24, 2.45) is 5.92 Å². The first-order valence-electron chi connectivity index (χ1n) is 8.76. The lowest BCUT2D eigenvalue weighted by atomic mass is 9.95. The summed E-state index contributed by atoms with van der Waals surface area (Å²) >= 11 is 0. The van der Waals surface area contributed by atoms with Crippen LogP contribution >= 0.6 is 0 Å². The molecule has 1 aromatic carbocycles. The summed E-state index contributed by atoms with van der Waals surface area (Å²) in [6, 6.07) is 5.95. The lowest BCUT2D eigenvalue weighted by Gasteiger charge is -2.34. The third-order valence-electron chi connectivity index (χ3n) is 4.22. The number of carbonyl (C=O) groups excluding carboxylic acids is 2. The minimum atomic E-state index is -0.522. The van der Waals surface area contributed by atoms with Crippen LogP contribution in [0.2, 0.25) is 0 Å². The van der Waals surface area contributed by atoms with Crippen molar-refractivity contribution in [3.63, 3.8) is 0 Å². The third-order valence-corrected chi connectivity index (χ3v) is 4.22. The van der Waals surface area contributed by atoms with E-state index in [1.807, 2.05) is 27.7 Å². The number of nitrogens with zero attached hydrogens (tertiary/aromatic N) is 2. The van der Waals surface area contributed by atoms with Crippen LogP contribution < -0.4 is 4.90 Å². The summed E-state index contributed by atoms with van der Waals surface area (Å²) in [4.78, 5) is 28.3. The molecule has 1 fully saturated rings. The third kappa shape index (κ3) is 5.18. The Balaban J connectivity index is 1.95. The Bertz CT molecular complexity index is 602. The molecule has 0 radical (unpaired) electrons. The van der Waals surface area contributed by atoms with E-state index in [0.29, 0.717) is 38.2 Å². The highest BCUT2D eigenvalue weighted by molar-refractivity contribution is 5.95. The Morgan fingerprint density at radius 2 is 1.76 bits per heavy atom. The average molecular weight is 350 g/mol. The molecule has 0 saturated carbocycles. The van der Waals surface area contributed by atoms with Gasteiger partial charge in [-0.05, 0) is 64.8 Å². The minimum Gasteiger partial charge on any atom is -0.444 e. The van der Waals surface area contributed by atoms with Crippen molar-refractivity contribution in [1.82, 2.24) is 4.90 Å². The van der Waals surface area contributed by atoms with Gasteiger partial charge >= 0.3 is 6.09 Å². The van der Waals surface area contributed by atoms with E-state index in [4.69, 9.17) is 4.74 Å². The highest BCUT2D eigenvalue weighted by Crippen LogP contribution is 2.24. The first kappa shape index (κ1) is 19.2. The summed E-state index contributed by atoms with van der Waals surface area (Å²) in [5.74, 6) is -0.431. The Hall–Kier alpha value is -2.11. The molecule has 0 N–H and O–H groups in total. The van der Waals surface area contributed by atoms with E-state index < -0.39 is 5.60 Å². The number of amides is 2. The number of ether oxygens (including phenoxy) is 1. The Morgan fingerprint density at radius 3 is 2.24 bits per heavy atom. The van der Waals surface area contributed by atoms with Crippen LogP contribution in [0.1, 0.15) is 40.5 Å². The SMILES string of the molecule is CCN(C(=O)C1CCN(C(=O)OC(C)(C)C)CC1)c1ccc(F)cc1. The predicted molar refractivity (Wildman–Crippen MR) is 95.0 cm³/mol. The van der Waals surface area contributed by atoms with Crippen molar-refractivity contribution in [2.45, 2.75) is 46.1 Å². The van der Waals surface area contributed by atoms with E-state index in [-0.39, 0.29) is 23.7 Å². The van der Waals surface area contributed by atoms with E-state index in [1.165, 1.54) is 12.1 Å². The van der Waals surface area contributed by atoms with Gasteiger partial charge in [0.2, 0.25) is 5.91 Å². The summed E-state index contributed by atoms with van der Waals surface area (Å²) in [6.07, 6.45) is 0.884. The van der Waals surface area contributed by atoms with Gasteiger partial charge in [0.05, 0.1) is 0 Å². The van der Waals surface area contributed by atoms with Gasteiger partial charge in [-0.3, -0.25) is 4.79 Å². The van der Waals surface area contributed by atoms with Crippen molar-refractivity contribution in [3.05, 3.63) is 30.1 Å². The summed E-state index contributed by atoms with van der Waals surface area (Å²) in [5, 5.41) is 0. The van der Waals surface area contributed by atoms with E-state index in [2.05, 4.69) is 0 Å². The fraction of sp³-hybridized carbons (Fsp3) is 0.579. The molecule has 1 heterocycles. The van der Waals surface area contributed by atoms with E-state index in [1.54, 1.807) is 21.9 Å². The molecular weight excluding hydrogens is 323 g/mol. The lowest BCUT2D eigenvalue weighted by Crippen LogP contribution is -2.46. The van der Waals surface area contributed by atoms with Crippen LogP contribution in [0.15, 0.2) is 24.3 Å². The molecule has 6 heteroatoms. The number of halogens is 1. The van der Waals surface area contributed by atoms with Gasteiger partial charge in [-0.15, -0.1) is 0 Å². The number of anilines is 1. The van der Waals surface area contributed by atoms with E-state index in [0.717, 1.165) is 0 Å². The minimum absolute atomic E-state index is 0.0259. The van der Waals surface area contributed by atoms with Gasteiger partial charge in [0.15, 0.2) is 0 Å². The normalized spacial score (nSPS) is 15.8. The smallest absolute Gasteiger partial charge is 0.410 e. The van der Waals surface area contributed by atoms with Crippen LogP contribution in [0.5, 0.6) is 0 Å². The molecule has 0 aromatic heterocycles. The zero-order chi connectivity index (χ0) is 18.6. The molecule has 138 valence electrons. The molecule has 1 aromatic rings. The van der Waals surface area contributed by atoms with Crippen LogP contribution in [0.3, 0.4) is 0 Å². The molecule has 0 unspecified atom stereocenters. The fourth-order valence-corrected chi connectivity index (χ4v) is 2.94. The molecule has 1 aliphatic heterocycles. The molecule has 5 nitrogen and oxygen atoms in total. The Labute approximate surface area is 148 Å². The molecule has 0 atom stereocenters. The molecule has 1 aliphatic rings. The van der Waals surface area contributed by atoms with Gasteiger partial charge in [-0.2, -0.15) is 0 Å². The maximum Gasteiger partial charge on any atom is 0.410 e. The topological polar surface area (TPSA) is 49.9 Å². The van der Waals surface area contributed by atoms with Crippen LogP contribution in [0, 0.1) is 11.7 Å². The molecule has 0 aliphatic carbocycles. The van der Waals surface area contributed by atoms with Crippen molar-refractivity contribution in [3.8, 4) is 0 Å². The van der Waals surface area contributed by atoms with Gasteiger partial charge in [-0.25, -0.2) is 9.18 Å². The van der Waals surface area contributed by atoms with E-state index >= 15 is 0 Å². The molecule has 2 amide bonds. The van der Waals surface area contributed by atoms with Crippen molar-refractivity contribution in [2.75, 3.05) is 24.5 Å². The fourth-order valence-electron chi connectivity index (χ4n) is 2.94. The monoisotopic (exact) mass is 350 g/mol. The molecule has 25 heavy (non-hydrogen) atoms. The van der Waals surface area contributed by atoms with Crippen LogP contribution in [0.4, 0.5) is 14.9 Å². The Kier molecular flexibility index (Phi) is 6.03. The number of hydrogen-bond donors (Lipinski definition) is 0. The predicted octanol–water partition coefficient (Wildman–Crippen LogP) is 3.83. The summed E-state index contributed by atoms with van der Waals surface area (Å²) < 4.78 is 18.5. The molecule has 0 spiro atoms. The summed E-state index contributed by atoms with van der Waals surface area (Å²) in [7, 11) is 0. The summed E-state index contributed by atoms with van der Waals surface area (Å²) in [6.45, 7) is 8.95. The van der Waals surface area contributed by atoms with Crippen molar-refractivity contribution < 1.29 is 18.7 Å². The highest BCUT2D eigenvalue weighted by Gasteiger charge is 2.32. The first-order chi connectivity index (χ1) is 11.7. The quantitative estimate of drug-likeness (QED) is 0.832. The van der Waals surface area contributed by atoms with Gasteiger partial charge in [-0.1, -0.05) is 0 Å². The standard InChI is InChI=1S/C19H27FN2O3/c1-5-22(16-8-6-15(20)7-9-16)17(23)14-10-12-21(13-11-14)18(24)25-19(2,3)4/h6-9,14H,5,10-13H2,1-4H3. The number of likely N-dealkylation sites (tertiary alicyclic amines) is 1. The molecule has 1 saturated heterocycles. The van der Waals surface area contributed by atoms with Crippen molar-refractivity contribution in [1.29, 1.82) is 0 Å². The Morgan fingerprint density at radius 1 is 1.20 bits per heavy atom. The summed E-state index contributed by atoms with van der Waals surface area (Å²) in [5.41, 5.74) is 0.175. The molecule has 0 bridgehead atoms. The second-order valence-electron chi connectivity index (χ2n) is 7.30. The number of carbonyl (C=O) groups is 2. The lowest BCUT2D eigenvalue weighted by molar-refractivity contribution is -0.123. The largest absolute Gasteiger partial charge is 0.444 e. The van der Waals surface area contributed by atoms with Crippen LogP contribution in [-0.2, 0) is 9.53 Å². The highest BCUT2D eigenvalue weighted by atomic mass is 19.1. The second-order valence-corrected chi connectivity index (χ2v) is 7.30. The van der Waals surface area contributed by atoms with Gasteiger partial charge in [0.25, 0.3) is 0 Å². The van der Waals surface area contributed by atoms with Crippen LogP contribution in [0.25, 0.3) is 0 Å². The average Bonchev–Trinajstić information content (AvgIpc) is 2.55. The number of rotatable bonds is 3. The second kappa shape index (κ2) is 7.85. The van der Waals surface area contributed by atoms with Gasteiger partial charge in [0, 0.05) is 31.2 Å². The zero-order valence-electron chi connectivity index (χ0n) is 15.4. The molecular formula is C19H27FN2O3. The maximum atomic E-state index is 13.1. The van der Waals surface area contributed by atoms with Gasteiger partial charge in [0.1, 0.15) is 11.4 Å². The zero-order valence-corrected chi connectivity index (χ0v) is 15.4. The van der Waals surface area contributed by atoms with E-state index in [9.17, 15) is 14.0 Å². The maximum absolute atomic E-state index is 13.1. The number of hydrogen-bond acceptors (Lipinski definition) is 3. The number of piperidine rings is 1. The van der Waals surface area contributed by atoms with Crippen molar-refractivity contribution >= 4 is 17.7 Å².